The Morgan fingerprint density at radius 1 is 0.437 bits per heavy atom. The van der Waals surface area contributed by atoms with Gasteiger partial charge in [-0.05, 0) is 6.08 Å². The van der Waals surface area contributed by atoms with E-state index in [1.165, 1.54) is 0 Å². The summed E-state index contributed by atoms with van der Waals surface area (Å²) in [6.07, 6.45) is -129. The summed E-state index contributed by atoms with van der Waals surface area (Å²) in [6, 6.07) is -4.81. The third kappa shape index (κ3) is 25.9. The van der Waals surface area contributed by atoms with Gasteiger partial charge < -0.3 is 301 Å². The zero-order chi connectivity index (χ0) is 105. The van der Waals surface area contributed by atoms with E-state index in [4.69, 9.17) is 131 Å². The highest BCUT2D eigenvalue weighted by atomic mass is 31.2. The average Bonchev–Trinajstić information content (AvgIpc) is 0.735. The molecule has 11 aliphatic heterocycles. The fourth-order valence-electron chi connectivity index (χ4n) is 17.0. The van der Waals surface area contributed by atoms with Gasteiger partial charge in [0.2, 0.25) is 12.0 Å². The molecule has 11 heterocycles. The topological polar surface area (TPSA) is 1110 Å². The first-order valence-corrected chi connectivity index (χ1v) is 45.2. The molecule has 56 atom stereocenters. The molecule has 0 aromatic carbocycles. The maximum Gasteiger partial charge on any atom is 0.472 e. The average molecular weight is 2110 g/mol. The Balaban J connectivity index is 1.04. The van der Waals surface area contributed by atoms with Gasteiger partial charge in [0.25, 0.3) is 11.6 Å². The fraction of sp³-hybridized carbons (Fsp3) is 0.919. The van der Waals surface area contributed by atoms with Crippen LogP contribution in [0.3, 0.4) is 0 Å². The van der Waals surface area contributed by atoms with Crippen molar-refractivity contribution >= 4 is 31.7 Å². The number of nitrogens with two attached hydrogens (primary N) is 4. The smallest absolute Gasteiger partial charge is 0.472 e. The molecule has 0 bridgehead atoms. The molecule has 0 saturated carbocycles. The van der Waals surface area contributed by atoms with Crippen molar-refractivity contribution in [2.24, 2.45) is 22.9 Å². The molecule has 0 aromatic heterocycles. The first-order chi connectivity index (χ1) is 66.6. The second-order valence-corrected chi connectivity index (χ2v) is 36.4. The van der Waals surface area contributed by atoms with Gasteiger partial charge in [-0.2, -0.15) is 0 Å². The highest BCUT2D eigenvalue weighted by Crippen LogP contribution is 2.49. The minimum Gasteiger partial charge on any atom is -0.479 e. The molecular formula is C74H123N4O63P. The molecule has 68 heteroatoms. The van der Waals surface area contributed by atoms with Crippen molar-refractivity contribution in [2.45, 2.75) is 349 Å². The standard InChI is InChI=1S/C74H123N4O63P/c75-1-2-125-142(117,118)141-27(13-123-66-44(102)39(97)41(99)50(130-66)20(86)10-121-65-45(103)40(98)42(100)58(136-65)61(110)111)54-47(105)56(134-67-32(90)16(82)3-22(127-67)60(108)109)48(106)69(132-54)135-57-49(107)70(131-52(19(85)7-80)59(57)137-68-46(104)38(96)33(91)24(8-81)128-68)133-55-23(138-74(72(115)116)4-17(83)31(89)51(139-74)18(84)6-79)5-73(71(113)114,140-53(55)21(87)11-120-64-43(101)30(88)15(76)9-119-64)124-14-26-35(93)37(95)29(78)63(129-26)122-12-25-34(92)36(94)28(77)62(112)126-25/h3,15-21,23-59,62-70,79-107,112H,1-2,4-14,75-78H2,(H,108,109)(H,110,111)(H,113,114)(H,115,116)(H,117,118)/t15-,16-,17+,18+,19-,20-,21+,23+,24+,25+,26+,27-,28+,29+,30-,31+,32+,33+,34+,35+,36+,37+,38-,39-,40-,41-,42+,43+,44-,45+,46+,47+,48-,49-,50+,51+,52+,53+,54+,55+,56-,57+,58-,59+,62-,63+,64+,65+,66-,67-,68-,69+,70+,73+,74+/m0/s1. The number of ether oxygens (including phenoxy) is 21. The van der Waals surface area contributed by atoms with Crippen molar-refractivity contribution < 1.29 is 311 Å². The van der Waals surface area contributed by atoms with E-state index in [1.807, 2.05) is 0 Å². The summed E-state index contributed by atoms with van der Waals surface area (Å²) in [4.78, 5) is 64.6. The Hall–Kier alpha value is -4.63. The van der Waals surface area contributed by atoms with E-state index in [9.17, 15) is 202 Å². The third-order valence-electron chi connectivity index (χ3n) is 25.1. The van der Waals surface area contributed by atoms with Gasteiger partial charge in [0.1, 0.15) is 232 Å². The summed E-state index contributed by atoms with van der Waals surface area (Å²) in [5, 5.41) is 382. The van der Waals surface area contributed by atoms with Gasteiger partial charge in [0.15, 0.2) is 56.4 Å². The molecular weight excluding hydrogens is 1980 g/mol. The molecule has 0 amide bonds. The van der Waals surface area contributed by atoms with Gasteiger partial charge in [0.05, 0.1) is 96.4 Å². The number of rotatable bonds is 42. The summed E-state index contributed by atoms with van der Waals surface area (Å²) < 4.78 is 146. The van der Waals surface area contributed by atoms with Crippen molar-refractivity contribution in [2.75, 3.05) is 72.6 Å². The molecule has 10 fully saturated rings. The van der Waals surface area contributed by atoms with Gasteiger partial charge in [0, 0.05) is 19.4 Å². The Kier molecular flexibility index (Phi) is 41.1. The highest BCUT2D eigenvalue weighted by molar-refractivity contribution is 7.47. The van der Waals surface area contributed by atoms with Crippen LogP contribution in [0.4, 0.5) is 0 Å². The predicted molar refractivity (Wildman–Crippen MR) is 426 cm³/mol. The number of phosphoric ester groups is 1. The van der Waals surface area contributed by atoms with Gasteiger partial charge in [-0.15, -0.1) is 0 Å². The van der Waals surface area contributed by atoms with Crippen LogP contribution in [0.15, 0.2) is 11.8 Å². The van der Waals surface area contributed by atoms with E-state index in [2.05, 4.69) is 0 Å². The van der Waals surface area contributed by atoms with Crippen molar-refractivity contribution in [1.82, 2.24) is 0 Å². The van der Waals surface area contributed by atoms with Crippen LogP contribution in [0.25, 0.3) is 0 Å². The predicted octanol–water partition coefficient (Wildman–Crippen LogP) is -25.2. The number of carboxylic acid groups (broad SMARTS) is 4. The number of carbonyl (C=O) groups is 4. The lowest BCUT2D eigenvalue weighted by Crippen LogP contribution is -2.71. The Morgan fingerprint density at radius 3 is 1.54 bits per heavy atom. The van der Waals surface area contributed by atoms with Crippen LogP contribution >= 0.6 is 7.82 Å². The zero-order valence-corrected chi connectivity index (χ0v) is 74.6. The monoisotopic (exact) mass is 2110 g/mol. The molecule has 0 spiro atoms. The van der Waals surface area contributed by atoms with Crippen LogP contribution in [0.5, 0.6) is 0 Å². The number of hydrogen-bond donors (Lipinski definition) is 39. The first-order valence-electron chi connectivity index (χ1n) is 43.7. The second kappa shape index (κ2) is 49.6. The van der Waals surface area contributed by atoms with E-state index >= 15 is 0 Å². The molecule has 0 radical (unpaired) electrons. The molecule has 67 nitrogen and oxygen atoms in total. The summed E-state index contributed by atoms with van der Waals surface area (Å²) in [6.45, 7) is -13.6. The van der Waals surface area contributed by atoms with Crippen LogP contribution < -0.4 is 22.9 Å². The van der Waals surface area contributed by atoms with Crippen LogP contribution in [-0.4, -0.2) is 612 Å². The molecule has 822 valence electrons. The van der Waals surface area contributed by atoms with E-state index < -0.39 is 459 Å². The lowest BCUT2D eigenvalue weighted by molar-refractivity contribution is -0.417. The maximum absolute atomic E-state index is 14.6. The van der Waals surface area contributed by atoms with Gasteiger partial charge in [-0.25, -0.2) is 23.7 Å². The van der Waals surface area contributed by atoms with Crippen molar-refractivity contribution in [3.63, 3.8) is 0 Å². The third-order valence-corrected chi connectivity index (χ3v) is 26.2. The molecule has 43 N–H and O–H groups in total. The first kappa shape index (κ1) is 118. The van der Waals surface area contributed by atoms with Crippen LogP contribution in [0.2, 0.25) is 0 Å². The van der Waals surface area contributed by atoms with E-state index in [0.29, 0.717) is 6.08 Å². The maximum atomic E-state index is 14.6. The van der Waals surface area contributed by atoms with Crippen molar-refractivity contribution in [3.8, 4) is 0 Å². The summed E-state index contributed by atoms with van der Waals surface area (Å²) in [7, 11) is -5.95. The number of aliphatic carboxylic acids is 4. The van der Waals surface area contributed by atoms with Crippen molar-refractivity contribution in [1.29, 1.82) is 0 Å². The number of carboxylic acids is 4. The quantitative estimate of drug-likeness (QED) is 0.0252. The summed E-state index contributed by atoms with van der Waals surface area (Å²) >= 11 is 0. The Bertz CT molecular complexity index is 4110. The zero-order valence-electron chi connectivity index (χ0n) is 73.7. The van der Waals surface area contributed by atoms with Crippen LogP contribution in [-0.2, 0) is 132 Å². The van der Waals surface area contributed by atoms with E-state index in [1.54, 1.807) is 0 Å². The molecule has 142 heavy (non-hydrogen) atoms. The van der Waals surface area contributed by atoms with Gasteiger partial charge in [-0.3, -0.25) is 9.05 Å². The molecule has 0 aromatic rings. The summed E-state index contributed by atoms with van der Waals surface area (Å²) in [5.41, 5.74) is 23.4. The van der Waals surface area contributed by atoms with Gasteiger partial charge >= 0.3 is 31.7 Å². The number of hydrogen-bond acceptors (Lipinski definition) is 62. The van der Waals surface area contributed by atoms with E-state index in [0.717, 1.165) is 0 Å². The number of aliphatic hydroxyl groups is 30. The molecule has 10 saturated heterocycles. The van der Waals surface area contributed by atoms with E-state index in [-0.39, 0.29) is 0 Å². The lowest BCUT2D eigenvalue weighted by Gasteiger charge is -2.53. The van der Waals surface area contributed by atoms with Crippen LogP contribution in [0.1, 0.15) is 12.8 Å². The normalized spacial score (nSPS) is 47.7. The van der Waals surface area contributed by atoms with Crippen molar-refractivity contribution in [3.05, 3.63) is 11.8 Å². The molecule has 11 aliphatic rings. The summed E-state index contributed by atoms with van der Waals surface area (Å²) in [5.74, 6) is -17.7. The molecule has 1 unspecified atom stereocenters. The SMILES string of the molecule is NCCOP(=O)(O)O[C@@H](CO[C@H]1O[C@H]([C@@H](O)CO[C@@H]2O[C@H](C(=O)O)[C@H](O)[C@H](O)[C@H]2O)[C@@H](O)[C@H](O)[C@@H]1O)[C@H]1O[C@H](O[C@@H]2[C@H](O)[C@@H](O[C@H]3[C@@H]([C@H](O)CO[C@H]4OC[C@H](N)[C@H](O)[C@H]4O)O[C@@](OC[C@H]4O[C@@H](OC[C@H]5O[C@H](O)[C@H](N)[C@@H](O)[C@@H]5O)[C@H](N)[C@@H](O)[C@@H]4O)(C(=O)O)C[C@H]3O[C@]3(C(=O)O)C[C@@H](O)[C@@H](O)[C@@H]([C@H](O)CO)O3)O[C@H]([C@@H](O)CO)[C@H]2O[C@@H]2O[C@H](CO)[C@@H](O)[C@H](O)[C@H]2O)[C@@H](O)[C@@H](O[C@@H]2OC(C(=O)O)=C[C@H](O)[C@H]2O)[C@@H]1O. The van der Waals surface area contributed by atoms with Crippen LogP contribution in [0, 0.1) is 0 Å². The highest BCUT2D eigenvalue weighted by Gasteiger charge is 2.67. The number of aliphatic hydroxyl groups excluding tert-OH is 30. The number of phosphoric acid groups is 1. The fourth-order valence-corrected chi connectivity index (χ4v) is 17.9. The lowest BCUT2D eigenvalue weighted by atomic mass is 9.89. The minimum absolute atomic E-state index is 0.389. The second-order valence-electron chi connectivity index (χ2n) is 35.0. The Labute approximate surface area is 797 Å². The minimum atomic E-state index is -5.95. The largest absolute Gasteiger partial charge is 0.479 e. The molecule has 11 rings (SSSR count). The Morgan fingerprint density at radius 2 is 0.937 bits per heavy atom. The molecule has 0 aliphatic carbocycles. The van der Waals surface area contributed by atoms with Gasteiger partial charge in [-0.1, -0.05) is 0 Å².